The molecule has 0 spiro atoms. The molecule has 1 aromatic carbocycles. The van der Waals surface area contributed by atoms with Crippen LogP contribution in [0.5, 0.6) is 0 Å². The third-order valence-electron chi connectivity index (χ3n) is 5.16. The number of carbonyl (C=O) groups excluding carboxylic acids is 1. The second-order valence-corrected chi connectivity index (χ2v) is 9.39. The van der Waals surface area contributed by atoms with E-state index in [-0.39, 0.29) is 29.1 Å². The summed E-state index contributed by atoms with van der Waals surface area (Å²) >= 11 is 0. The Labute approximate surface area is 148 Å². The van der Waals surface area contributed by atoms with Crippen molar-refractivity contribution in [2.24, 2.45) is 5.92 Å². The molecule has 0 atom stereocenters. The Morgan fingerprint density at radius 3 is 2.44 bits per heavy atom. The molecule has 0 unspecified atom stereocenters. The Hall–Kier alpha value is -1.47. The van der Waals surface area contributed by atoms with Crippen LogP contribution in [0, 0.1) is 11.7 Å². The lowest BCUT2D eigenvalue weighted by molar-refractivity contribution is -0.134. The number of piperazine rings is 1. The van der Waals surface area contributed by atoms with Crippen LogP contribution in [0.15, 0.2) is 24.3 Å². The maximum absolute atomic E-state index is 13.3. The van der Waals surface area contributed by atoms with Crippen molar-refractivity contribution in [3.05, 3.63) is 35.6 Å². The smallest absolute Gasteiger partial charge is 0.222 e. The third kappa shape index (κ3) is 5.25. The molecule has 0 aromatic heterocycles. The highest BCUT2D eigenvalue weighted by Crippen LogP contribution is 2.23. The summed E-state index contributed by atoms with van der Waals surface area (Å²) in [6, 6.07) is 6.62. The van der Waals surface area contributed by atoms with Crippen molar-refractivity contribution in [1.82, 2.24) is 9.80 Å². The Morgan fingerprint density at radius 2 is 1.80 bits per heavy atom. The quantitative estimate of drug-likeness (QED) is 0.811. The van der Waals surface area contributed by atoms with Gasteiger partial charge in [-0.05, 0) is 36.5 Å². The van der Waals surface area contributed by atoms with Crippen molar-refractivity contribution in [3.63, 3.8) is 0 Å². The largest absolute Gasteiger partial charge is 0.340 e. The zero-order chi connectivity index (χ0) is 17.9. The summed E-state index contributed by atoms with van der Waals surface area (Å²) in [6.45, 7) is 3.61. The minimum Gasteiger partial charge on any atom is -0.340 e. The first-order valence-electron chi connectivity index (χ1n) is 8.86. The zero-order valence-electron chi connectivity index (χ0n) is 14.4. The number of hydrogen-bond donors (Lipinski definition) is 0. The standard InChI is InChI=1S/C18H25FN2O3S/c19-17-3-1-2-16(12-17)14-20-6-8-21(9-7-20)18(22)13-15-4-10-25(23,24)11-5-15/h1-3,12,15H,4-11,13-14H2. The molecule has 138 valence electrons. The van der Waals surface area contributed by atoms with Gasteiger partial charge in [-0.3, -0.25) is 9.69 Å². The van der Waals surface area contributed by atoms with E-state index in [2.05, 4.69) is 4.90 Å². The summed E-state index contributed by atoms with van der Waals surface area (Å²) < 4.78 is 36.2. The molecular formula is C18H25FN2O3S. The Balaban J connectivity index is 1.43. The fraction of sp³-hybridized carbons (Fsp3) is 0.611. The second kappa shape index (κ2) is 7.83. The van der Waals surface area contributed by atoms with E-state index < -0.39 is 9.84 Å². The first kappa shape index (κ1) is 18.3. The maximum atomic E-state index is 13.3. The molecule has 3 rings (SSSR count). The first-order valence-corrected chi connectivity index (χ1v) is 10.7. The SMILES string of the molecule is O=C(CC1CCS(=O)(=O)CC1)N1CCN(Cc2cccc(F)c2)CC1. The molecule has 0 bridgehead atoms. The average molecular weight is 368 g/mol. The Morgan fingerprint density at radius 1 is 1.12 bits per heavy atom. The van der Waals surface area contributed by atoms with E-state index in [9.17, 15) is 17.6 Å². The van der Waals surface area contributed by atoms with Crippen molar-refractivity contribution in [2.45, 2.75) is 25.8 Å². The lowest BCUT2D eigenvalue weighted by Gasteiger charge is -2.35. The maximum Gasteiger partial charge on any atom is 0.222 e. The number of rotatable bonds is 4. The molecule has 2 fully saturated rings. The van der Waals surface area contributed by atoms with Crippen molar-refractivity contribution in [3.8, 4) is 0 Å². The van der Waals surface area contributed by atoms with Crippen LogP contribution in [0.25, 0.3) is 0 Å². The van der Waals surface area contributed by atoms with Crippen LogP contribution in [-0.4, -0.2) is 61.8 Å². The van der Waals surface area contributed by atoms with Crippen molar-refractivity contribution in [1.29, 1.82) is 0 Å². The van der Waals surface area contributed by atoms with Crippen molar-refractivity contribution >= 4 is 15.7 Å². The Kier molecular flexibility index (Phi) is 5.74. The van der Waals surface area contributed by atoms with E-state index in [0.29, 0.717) is 38.9 Å². The zero-order valence-corrected chi connectivity index (χ0v) is 15.2. The van der Waals surface area contributed by atoms with Gasteiger partial charge in [0, 0.05) is 39.1 Å². The van der Waals surface area contributed by atoms with Crippen LogP contribution < -0.4 is 0 Å². The number of halogens is 1. The first-order chi connectivity index (χ1) is 11.9. The molecule has 2 aliphatic heterocycles. The predicted molar refractivity (Wildman–Crippen MR) is 94.3 cm³/mol. The normalized spacial score (nSPS) is 22.0. The van der Waals surface area contributed by atoms with E-state index in [0.717, 1.165) is 18.7 Å². The van der Waals surface area contributed by atoms with Gasteiger partial charge < -0.3 is 4.90 Å². The molecule has 25 heavy (non-hydrogen) atoms. The molecule has 0 saturated carbocycles. The molecule has 7 heteroatoms. The van der Waals surface area contributed by atoms with E-state index >= 15 is 0 Å². The second-order valence-electron chi connectivity index (χ2n) is 7.09. The van der Waals surface area contributed by atoms with Crippen LogP contribution in [0.2, 0.25) is 0 Å². The van der Waals surface area contributed by atoms with Gasteiger partial charge in [0.2, 0.25) is 5.91 Å². The summed E-state index contributed by atoms with van der Waals surface area (Å²) in [7, 11) is -2.87. The molecule has 2 saturated heterocycles. The lowest BCUT2D eigenvalue weighted by atomic mass is 9.98. The van der Waals surface area contributed by atoms with Gasteiger partial charge in [-0.1, -0.05) is 12.1 Å². The van der Waals surface area contributed by atoms with Crippen LogP contribution >= 0.6 is 0 Å². The summed E-state index contributed by atoms with van der Waals surface area (Å²) in [6.07, 6.45) is 1.67. The number of hydrogen-bond acceptors (Lipinski definition) is 4. The summed E-state index contributed by atoms with van der Waals surface area (Å²) in [5, 5.41) is 0. The predicted octanol–water partition coefficient (Wildman–Crippen LogP) is 1.68. The van der Waals surface area contributed by atoms with Gasteiger partial charge in [0.25, 0.3) is 0 Å². The van der Waals surface area contributed by atoms with Gasteiger partial charge in [-0.25, -0.2) is 12.8 Å². The van der Waals surface area contributed by atoms with Crippen LogP contribution in [0.4, 0.5) is 4.39 Å². The third-order valence-corrected chi connectivity index (χ3v) is 6.87. The fourth-order valence-electron chi connectivity index (χ4n) is 3.57. The fourth-order valence-corrected chi connectivity index (χ4v) is 5.16. The van der Waals surface area contributed by atoms with Crippen molar-refractivity contribution in [2.75, 3.05) is 37.7 Å². The van der Waals surface area contributed by atoms with Gasteiger partial charge >= 0.3 is 0 Å². The highest BCUT2D eigenvalue weighted by Gasteiger charge is 2.28. The van der Waals surface area contributed by atoms with E-state index in [1.807, 2.05) is 11.0 Å². The summed E-state index contributed by atoms with van der Waals surface area (Å²) in [4.78, 5) is 16.6. The molecule has 1 aromatic rings. The van der Waals surface area contributed by atoms with Gasteiger partial charge in [-0.15, -0.1) is 0 Å². The van der Waals surface area contributed by atoms with E-state index in [4.69, 9.17) is 0 Å². The molecule has 5 nitrogen and oxygen atoms in total. The summed E-state index contributed by atoms with van der Waals surface area (Å²) in [5.41, 5.74) is 0.947. The molecule has 0 aliphatic carbocycles. The number of nitrogens with zero attached hydrogens (tertiary/aromatic N) is 2. The summed E-state index contributed by atoms with van der Waals surface area (Å²) in [5.74, 6) is 0.537. The van der Waals surface area contributed by atoms with Gasteiger partial charge in [-0.2, -0.15) is 0 Å². The van der Waals surface area contributed by atoms with Crippen LogP contribution in [-0.2, 0) is 21.2 Å². The molecule has 0 N–H and O–H groups in total. The van der Waals surface area contributed by atoms with E-state index in [1.54, 1.807) is 12.1 Å². The Bertz CT molecular complexity index is 701. The van der Waals surface area contributed by atoms with Gasteiger partial charge in [0.1, 0.15) is 15.7 Å². The molecule has 2 heterocycles. The number of carbonyl (C=O) groups is 1. The lowest BCUT2D eigenvalue weighted by Crippen LogP contribution is -2.48. The number of sulfone groups is 1. The van der Waals surface area contributed by atoms with E-state index in [1.165, 1.54) is 6.07 Å². The highest BCUT2D eigenvalue weighted by molar-refractivity contribution is 7.91. The minimum absolute atomic E-state index is 0.134. The average Bonchev–Trinajstić information content (AvgIpc) is 2.57. The monoisotopic (exact) mass is 368 g/mol. The number of amides is 1. The van der Waals surface area contributed by atoms with Gasteiger partial charge in [0.05, 0.1) is 11.5 Å². The molecule has 1 amide bonds. The topological polar surface area (TPSA) is 57.7 Å². The van der Waals surface area contributed by atoms with Crippen LogP contribution in [0.1, 0.15) is 24.8 Å². The van der Waals surface area contributed by atoms with Crippen molar-refractivity contribution < 1.29 is 17.6 Å². The molecular weight excluding hydrogens is 343 g/mol. The van der Waals surface area contributed by atoms with Crippen LogP contribution in [0.3, 0.4) is 0 Å². The van der Waals surface area contributed by atoms with Gasteiger partial charge in [0.15, 0.2) is 0 Å². The number of benzene rings is 1. The minimum atomic E-state index is -2.87. The highest BCUT2D eigenvalue weighted by atomic mass is 32.2. The molecule has 0 radical (unpaired) electrons. The molecule has 2 aliphatic rings.